The summed E-state index contributed by atoms with van der Waals surface area (Å²) < 4.78 is 5.34. The molecule has 0 fully saturated rings. The molecule has 21 heavy (non-hydrogen) atoms. The Kier molecular flexibility index (Phi) is 3.82. The number of benzene rings is 3. The topological polar surface area (TPSA) is 29.5 Å². The van der Waals surface area contributed by atoms with Crippen molar-refractivity contribution < 1.29 is 9.84 Å². The highest BCUT2D eigenvalue weighted by Gasteiger charge is 2.20. The van der Waals surface area contributed by atoms with Crippen LogP contribution in [0.4, 0.5) is 0 Å². The molecule has 0 aliphatic carbocycles. The van der Waals surface area contributed by atoms with Gasteiger partial charge in [-0.1, -0.05) is 60.1 Å². The van der Waals surface area contributed by atoms with Crippen LogP contribution < -0.4 is 4.74 Å². The van der Waals surface area contributed by atoms with E-state index >= 15 is 0 Å². The van der Waals surface area contributed by atoms with Crippen LogP contribution in [0.2, 0.25) is 5.02 Å². The molecule has 1 unspecified atom stereocenters. The van der Waals surface area contributed by atoms with Crippen molar-refractivity contribution in [3.05, 3.63) is 76.8 Å². The summed E-state index contributed by atoms with van der Waals surface area (Å²) in [5.41, 5.74) is 1.41. The van der Waals surface area contributed by atoms with Crippen LogP contribution in [0.5, 0.6) is 5.75 Å². The van der Waals surface area contributed by atoms with Crippen molar-refractivity contribution in [2.45, 2.75) is 6.10 Å². The maximum atomic E-state index is 10.8. The predicted molar refractivity (Wildman–Crippen MR) is 86.0 cm³/mol. The summed E-state index contributed by atoms with van der Waals surface area (Å²) in [5, 5.41) is 13.4. The van der Waals surface area contributed by atoms with Crippen molar-refractivity contribution >= 4 is 22.4 Å². The van der Waals surface area contributed by atoms with E-state index in [0.29, 0.717) is 16.3 Å². The molecule has 0 saturated carbocycles. The highest BCUT2D eigenvalue weighted by molar-refractivity contribution is 6.31. The van der Waals surface area contributed by atoms with Gasteiger partial charge in [0, 0.05) is 5.56 Å². The number of ether oxygens (including phenoxy) is 1. The number of fused-ring (bicyclic) bond motifs is 1. The lowest BCUT2D eigenvalue weighted by Gasteiger charge is -2.18. The van der Waals surface area contributed by atoms with Crippen LogP contribution in [-0.4, -0.2) is 12.2 Å². The highest BCUT2D eigenvalue weighted by atomic mass is 35.5. The number of aliphatic hydroxyl groups is 1. The van der Waals surface area contributed by atoms with E-state index < -0.39 is 6.10 Å². The van der Waals surface area contributed by atoms with Gasteiger partial charge in [0.05, 0.1) is 12.1 Å². The van der Waals surface area contributed by atoms with Gasteiger partial charge in [-0.05, 0) is 28.5 Å². The molecule has 0 amide bonds. The predicted octanol–water partition coefficient (Wildman–Crippen LogP) is 4.58. The largest absolute Gasteiger partial charge is 0.496 e. The van der Waals surface area contributed by atoms with Crippen molar-refractivity contribution in [1.82, 2.24) is 0 Å². The minimum Gasteiger partial charge on any atom is -0.496 e. The Hall–Kier alpha value is -2.03. The van der Waals surface area contributed by atoms with Gasteiger partial charge in [-0.15, -0.1) is 0 Å². The second kappa shape index (κ2) is 5.76. The van der Waals surface area contributed by atoms with E-state index in [-0.39, 0.29) is 0 Å². The van der Waals surface area contributed by atoms with E-state index in [9.17, 15) is 5.11 Å². The van der Waals surface area contributed by atoms with Crippen LogP contribution in [0, 0.1) is 0 Å². The molecule has 0 heterocycles. The van der Waals surface area contributed by atoms with Crippen molar-refractivity contribution in [2.75, 3.05) is 7.11 Å². The fraction of sp³-hybridized carbons (Fsp3) is 0.111. The van der Waals surface area contributed by atoms with Gasteiger partial charge in [-0.25, -0.2) is 0 Å². The Morgan fingerprint density at radius 1 is 0.952 bits per heavy atom. The van der Waals surface area contributed by atoms with E-state index in [1.807, 2.05) is 42.5 Å². The lowest BCUT2D eigenvalue weighted by molar-refractivity contribution is 0.216. The Morgan fingerprint density at radius 2 is 1.67 bits per heavy atom. The molecule has 0 radical (unpaired) electrons. The van der Waals surface area contributed by atoms with E-state index in [1.54, 1.807) is 25.3 Å². The number of rotatable bonds is 3. The van der Waals surface area contributed by atoms with Crippen molar-refractivity contribution in [1.29, 1.82) is 0 Å². The summed E-state index contributed by atoms with van der Waals surface area (Å²) in [5.74, 6) is 0.586. The first-order valence-corrected chi connectivity index (χ1v) is 7.08. The molecule has 3 aromatic rings. The zero-order valence-electron chi connectivity index (χ0n) is 11.6. The molecule has 3 heteroatoms. The minimum absolute atomic E-state index is 0.495. The molecule has 0 aromatic heterocycles. The molecular formula is C18H15ClO2. The summed E-state index contributed by atoms with van der Waals surface area (Å²) in [6.45, 7) is 0. The van der Waals surface area contributed by atoms with Gasteiger partial charge in [0.2, 0.25) is 0 Å². The minimum atomic E-state index is -0.834. The van der Waals surface area contributed by atoms with Crippen LogP contribution in [0.1, 0.15) is 17.2 Å². The SMILES string of the molecule is COc1cccc(Cl)c1C(O)c1cccc2ccccc12. The number of halogens is 1. The molecule has 3 aromatic carbocycles. The summed E-state index contributed by atoms with van der Waals surface area (Å²) >= 11 is 6.26. The molecule has 0 aliphatic rings. The Morgan fingerprint density at radius 3 is 2.48 bits per heavy atom. The molecule has 106 valence electrons. The normalized spacial score (nSPS) is 12.3. The zero-order chi connectivity index (χ0) is 14.8. The Bertz CT molecular complexity index is 778. The van der Waals surface area contributed by atoms with E-state index in [4.69, 9.17) is 16.3 Å². The molecular weight excluding hydrogens is 284 g/mol. The Balaban J connectivity index is 2.20. The first-order valence-electron chi connectivity index (χ1n) is 6.70. The van der Waals surface area contributed by atoms with Gasteiger partial charge in [0.25, 0.3) is 0 Å². The summed E-state index contributed by atoms with van der Waals surface area (Å²) in [4.78, 5) is 0. The average molecular weight is 299 g/mol. The second-order valence-corrected chi connectivity index (χ2v) is 5.23. The molecule has 0 bridgehead atoms. The quantitative estimate of drug-likeness (QED) is 0.766. The zero-order valence-corrected chi connectivity index (χ0v) is 12.3. The third-order valence-corrected chi connectivity index (χ3v) is 3.95. The number of methoxy groups -OCH3 is 1. The third-order valence-electron chi connectivity index (χ3n) is 3.62. The maximum absolute atomic E-state index is 10.8. The number of hydrogen-bond acceptors (Lipinski definition) is 2. The highest BCUT2D eigenvalue weighted by Crippen LogP contribution is 2.37. The van der Waals surface area contributed by atoms with E-state index in [1.165, 1.54) is 0 Å². The van der Waals surface area contributed by atoms with Gasteiger partial charge in [0.15, 0.2) is 0 Å². The van der Waals surface area contributed by atoms with Gasteiger partial charge in [0.1, 0.15) is 11.9 Å². The summed E-state index contributed by atoms with van der Waals surface area (Å²) in [6, 6.07) is 19.2. The fourth-order valence-electron chi connectivity index (χ4n) is 2.61. The van der Waals surface area contributed by atoms with Crippen LogP contribution in [-0.2, 0) is 0 Å². The number of hydrogen-bond donors (Lipinski definition) is 1. The van der Waals surface area contributed by atoms with Gasteiger partial charge in [-0.3, -0.25) is 0 Å². The van der Waals surface area contributed by atoms with E-state index in [2.05, 4.69) is 0 Å². The van der Waals surface area contributed by atoms with Crippen LogP contribution >= 0.6 is 11.6 Å². The second-order valence-electron chi connectivity index (χ2n) is 4.83. The van der Waals surface area contributed by atoms with Crippen molar-refractivity contribution in [2.24, 2.45) is 0 Å². The molecule has 1 atom stereocenters. The van der Waals surface area contributed by atoms with E-state index in [0.717, 1.165) is 16.3 Å². The molecule has 2 nitrogen and oxygen atoms in total. The first kappa shape index (κ1) is 13.9. The molecule has 1 N–H and O–H groups in total. The van der Waals surface area contributed by atoms with Crippen molar-refractivity contribution in [3.63, 3.8) is 0 Å². The lowest BCUT2D eigenvalue weighted by atomic mass is 9.95. The number of aliphatic hydroxyl groups excluding tert-OH is 1. The Labute approximate surface area is 128 Å². The van der Waals surface area contributed by atoms with Crippen LogP contribution in [0.15, 0.2) is 60.7 Å². The molecule has 0 saturated heterocycles. The molecule has 0 aliphatic heterocycles. The molecule has 3 rings (SSSR count). The van der Waals surface area contributed by atoms with Gasteiger partial charge < -0.3 is 9.84 Å². The fourth-order valence-corrected chi connectivity index (χ4v) is 2.87. The standard InChI is InChI=1S/C18H15ClO2/c1-21-16-11-5-10-15(19)17(16)18(20)14-9-4-7-12-6-2-3-8-13(12)14/h2-11,18,20H,1H3. The smallest absolute Gasteiger partial charge is 0.126 e. The van der Waals surface area contributed by atoms with Crippen LogP contribution in [0.25, 0.3) is 10.8 Å². The third kappa shape index (κ3) is 2.48. The van der Waals surface area contributed by atoms with Gasteiger partial charge in [-0.2, -0.15) is 0 Å². The summed E-state index contributed by atoms with van der Waals surface area (Å²) in [6.07, 6.45) is -0.834. The lowest BCUT2D eigenvalue weighted by Crippen LogP contribution is -2.04. The monoisotopic (exact) mass is 298 g/mol. The van der Waals surface area contributed by atoms with Crippen molar-refractivity contribution in [3.8, 4) is 5.75 Å². The maximum Gasteiger partial charge on any atom is 0.126 e. The average Bonchev–Trinajstić information content (AvgIpc) is 2.53. The van der Waals surface area contributed by atoms with Crippen LogP contribution in [0.3, 0.4) is 0 Å². The van der Waals surface area contributed by atoms with Gasteiger partial charge >= 0.3 is 0 Å². The molecule has 0 spiro atoms. The summed E-state index contributed by atoms with van der Waals surface area (Å²) in [7, 11) is 1.57. The first-order chi connectivity index (χ1) is 10.2.